The molecular weight excluding hydrogens is 174 g/mol. The normalized spacial score (nSPS) is 33.7. The van der Waals surface area contributed by atoms with Crippen LogP contribution < -0.4 is 5.73 Å². The first-order valence-electron chi connectivity index (χ1n) is 2.73. The van der Waals surface area contributed by atoms with Crippen LogP contribution in [-0.4, -0.2) is 27.7 Å². The topological polar surface area (TPSA) is 101 Å². The standard InChI is InChI=1S/C5H7NO4.ClH/c6-5(4(9)10)1-2(5)3(7)8;/h2H,1,6H2,(H,7,8)(H,9,10);1H. The number of carbonyl (C=O) groups is 2. The molecular formula is C5H8ClNO4. The summed E-state index contributed by atoms with van der Waals surface area (Å²) in [6, 6.07) is 0. The van der Waals surface area contributed by atoms with Gasteiger partial charge < -0.3 is 15.9 Å². The second kappa shape index (κ2) is 2.67. The molecule has 1 aliphatic carbocycles. The zero-order valence-electron chi connectivity index (χ0n) is 5.48. The van der Waals surface area contributed by atoms with E-state index in [2.05, 4.69) is 0 Å². The van der Waals surface area contributed by atoms with Crippen LogP contribution in [0, 0.1) is 5.92 Å². The Hall–Kier alpha value is -0.810. The van der Waals surface area contributed by atoms with Crippen LogP contribution in [0.2, 0.25) is 0 Å². The lowest BCUT2D eigenvalue weighted by atomic mass is 10.2. The van der Waals surface area contributed by atoms with Gasteiger partial charge in [0.15, 0.2) is 0 Å². The van der Waals surface area contributed by atoms with E-state index in [1.165, 1.54) is 0 Å². The van der Waals surface area contributed by atoms with Crippen molar-refractivity contribution in [2.24, 2.45) is 11.7 Å². The summed E-state index contributed by atoms with van der Waals surface area (Å²) in [5, 5.41) is 16.6. The Balaban J connectivity index is 0.000001000. The predicted molar refractivity (Wildman–Crippen MR) is 37.5 cm³/mol. The predicted octanol–water partition coefficient (Wildman–Crippen LogP) is -0.705. The van der Waals surface area contributed by atoms with E-state index in [1.807, 2.05) is 0 Å². The van der Waals surface area contributed by atoms with Crippen LogP contribution in [0.25, 0.3) is 0 Å². The molecule has 1 fully saturated rings. The number of hydrogen-bond acceptors (Lipinski definition) is 3. The van der Waals surface area contributed by atoms with Crippen LogP contribution >= 0.6 is 12.4 Å². The molecule has 1 rings (SSSR count). The molecule has 1 aliphatic rings. The molecule has 0 spiro atoms. The summed E-state index contributed by atoms with van der Waals surface area (Å²) < 4.78 is 0. The molecule has 5 nitrogen and oxygen atoms in total. The number of rotatable bonds is 2. The molecule has 0 aromatic heterocycles. The SMILES string of the molecule is Cl.NC1(C(=O)O)CC1C(=O)O. The second-order valence-corrected chi connectivity index (χ2v) is 2.44. The summed E-state index contributed by atoms with van der Waals surface area (Å²) in [5.74, 6) is -3.27. The van der Waals surface area contributed by atoms with Crippen LogP contribution in [0.3, 0.4) is 0 Å². The van der Waals surface area contributed by atoms with Crippen molar-refractivity contribution in [2.75, 3.05) is 0 Å². The van der Waals surface area contributed by atoms with Gasteiger partial charge in [0.1, 0.15) is 5.54 Å². The molecule has 0 aromatic carbocycles. The van der Waals surface area contributed by atoms with Gasteiger partial charge in [-0.3, -0.25) is 9.59 Å². The third-order valence-corrected chi connectivity index (χ3v) is 1.70. The summed E-state index contributed by atoms with van der Waals surface area (Å²) in [5.41, 5.74) is 3.66. The third-order valence-electron chi connectivity index (χ3n) is 1.70. The summed E-state index contributed by atoms with van der Waals surface area (Å²) in [6.07, 6.45) is 0.0394. The highest BCUT2D eigenvalue weighted by atomic mass is 35.5. The molecule has 64 valence electrons. The van der Waals surface area contributed by atoms with E-state index in [0.717, 1.165) is 0 Å². The Labute approximate surface area is 68.6 Å². The van der Waals surface area contributed by atoms with E-state index < -0.39 is 23.4 Å². The minimum absolute atomic E-state index is 0. The second-order valence-electron chi connectivity index (χ2n) is 2.44. The Bertz CT molecular complexity index is 207. The van der Waals surface area contributed by atoms with Gasteiger partial charge in [0, 0.05) is 0 Å². The molecule has 4 N–H and O–H groups in total. The molecule has 0 saturated heterocycles. The molecule has 0 amide bonds. The van der Waals surface area contributed by atoms with Gasteiger partial charge in [-0.25, -0.2) is 0 Å². The van der Waals surface area contributed by atoms with Crippen molar-refractivity contribution in [3.8, 4) is 0 Å². The number of carboxylic acids is 2. The van der Waals surface area contributed by atoms with Crippen LogP contribution in [0.15, 0.2) is 0 Å². The highest BCUT2D eigenvalue weighted by Crippen LogP contribution is 2.41. The molecule has 11 heavy (non-hydrogen) atoms. The van der Waals surface area contributed by atoms with Gasteiger partial charge in [-0.1, -0.05) is 0 Å². The van der Waals surface area contributed by atoms with Gasteiger partial charge in [0.2, 0.25) is 0 Å². The van der Waals surface area contributed by atoms with Gasteiger partial charge in [0.05, 0.1) is 5.92 Å². The maximum absolute atomic E-state index is 10.2. The van der Waals surface area contributed by atoms with Crippen LogP contribution in [0.1, 0.15) is 6.42 Å². The molecule has 0 heterocycles. The van der Waals surface area contributed by atoms with Gasteiger partial charge in [-0.05, 0) is 6.42 Å². The molecule has 0 aromatic rings. The van der Waals surface area contributed by atoms with Crippen molar-refractivity contribution < 1.29 is 19.8 Å². The smallest absolute Gasteiger partial charge is 0.324 e. The number of nitrogens with two attached hydrogens (primary N) is 1. The Morgan fingerprint density at radius 2 is 1.91 bits per heavy atom. The monoisotopic (exact) mass is 181 g/mol. The molecule has 0 bridgehead atoms. The molecule has 1 saturated carbocycles. The molecule has 2 atom stereocenters. The van der Waals surface area contributed by atoms with E-state index in [0.29, 0.717) is 0 Å². The minimum atomic E-state index is -1.49. The van der Waals surface area contributed by atoms with E-state index in [-0.39, 0.29) is 18.8 Å². The highest BCUT2D eigenvalue weighted by Gasteiger charge is 2.62. The largest absolute Gasteiger partial charge is 0.481 e. The average Bonchev–Trinajstić information content (AvgIpc) is 2.43. The first kappa shape index (κ1) is 10.2. The van der Waals surface area contributed by atoms with Gasteiger partial charge >= 0.3 is 11.9 Å². The third kappa shape index (κ3) is 1.44. The van der Waals surface area contributed by atoms with Crippen molar-refractivity contribution in [3.05, 3.63) is 0 Å². The quantitative estimate of drug-likeness (QED) is 0.523. The fourth-order valence-corrected chi connectivity index (χ4v) is 0.823. The number of hydrogen-bond donors (Lipinski definition) is 3. The lowest BCUT2D eigenvalue weighted by Gasteiger charge is -1.99. The van der Waals surface area contributed by atoms with E-state index in [9.17, 15) is 9.59 Å². The van der Waals surface area contributed by atoms with E-state index in [4.69, 9.17) is 15.9 Å². The number of halogens is 1. The van der Waals surface area contributed by atoms with Gasteiger partial charge in [-0.15, -0.1) is 12.4 Å². The summed E-state index contributed by atoms with van der Waals surface area (Å²) in [7, 11) is 0. The summed E-state index contributed by atoms with van der Waals surface area (Å²) in [4.78, 5) is 20.3. The zero-order chi connectivity index (χ0) is 7.94. The molecule has 0 aliphatic heterocycles. The molecule has 2 unspecified atom stereocenters. The summed E-state index contributed by atoms with van der Waals surface area (Å²) >= 11 is 0. The maximum atomic E-state index is 10.2. The number of aliphatic carboxylic acids is 2. The first-order chi connectivity index (χ1) is 4.48. The Morgan fingerprint density at radius 1 is 1.45 bits per heavy atom. The van der Waals surface area contributed by atoms with Crippen LogP contribution in [0.5, 0.6) is 0 Å². The van der Waals surface area contributed by atoms with Crippen molar-refractivity contribution in [1.29, 1.82) is 0 Å². The maximum Gasteiger partial charge on any atom is 0.324 e. The van der Waals surface area contributed by atoms with E-state index >= 15 is 0 Å². The van der Waals surface area contributed by atoms with E-state index in [1.54, 1.807) is 0 Å². The van der Waals surface area contributed by atoms with Crippen molar-refractivity contribution in [1.82, 2.24) is 0 Å². The molecule has 6 heteroatoms. The lowest BCUT2D eigenvalue weighted by Crippen LogP contribution is -2.36. The molecule has 0 radical (unpaired) electrons. The van der Waals surface area contributed by atoms with Gasteiger partial charge in [-0.2, -0.15) is 0 Å². The fourth-order valence-electron chi connectivity index (χ4n) is 0.823. The fraction of sp³-hybridized carbons (Fsp3) is 0.600. The highest BCUT2D eigenvalue weighted by molar-refractivity contribution is 5.92. The minimum Gasteiger partial charge on any atom is -0.481 e. The van der Waals surface area contributed by atoms with Crippen molar-refractivity contribution in [3.63, 3.8) is 0 Å². The first-order valence-corrected chi connectivity index (χ1v) is 2.73. The summed E-state index contributed by atoms with van der Waals surface area (Å²) in [6.45, 7) is 0. The number of carboxylic acid groups (broad SMARTS) is 2. The Kier molecular flexibility index (Phi) is 2.47. The zero-order valence-corrected chi connectivity index (χ0v) is 6.30. The average molecular weight is 182 g/mol. The van der Waals surface area contributed by atoms with Crippen LogP contribution in [0.4, 0.5) is 0 Å². The lowest BCUT2D eigenvalue weighted by molar-refractivity contribution is -0.145. The van der Waals surface area contributed by atoms with Crippen molar-refractivity contribution in [2.45, 2.75) is 12.0 Å². The van der Waals surface area contributed by atoms with Crippen LogP contribution in [-0.2, 0) is 9.59 Å². The Morgan fingerprint density at radius 3 is 2.00 bits per heavy atom. The van der Waals surface area contributed by atoms with Gasteiger partial charge in [0.25, 0.3) is 0 Å². The van der Waals surface area contributed by atoms with Crippen molar-refractivity contribution >= 4 is 24.3 Å².